The van der Waals surface area contributed by atoms with Crippen LogP contribution in [0.3, 0.4) is 0 Å². The van der Waals surface area contributed by atoms with Crippen LogP contribution in [0.25, 0.3) is 0 Å². The van der Waals surface area contributed by atoms with Gasteiger partial charge in [-0.25, -0.2) is 13.1 Å². The molecule has 1 saturated carbocycles. The van der Waals surface area contributed by atoms with Crippen LogP contribution in [0.5, 0.6) is 0 Å². The number of carbonyl (C=O) groups excluding carboxylic acids is 2. The molecule has 1 aromatic heterocycles. The molecule has 178 valence electrons. The molecule has 1 aliphatic rings. The number of aryl methyl sites for hydroxylation is 1. The van der Waals surface area contributed by atoms with E-state index < -0.39 is 16.1 Å². The summed E-state index contributed by atoms with van der Waals surface area (Å²) in [6, 6.07) is 9.78. The number of rotatable bonds is 9. The smallest absolute Gasteiger partial charge is 0.242 e. The molecular formula is C24H32N4O4S. The number of amides is 2. The van der Waals surface area contributed by atoms with Gasteiger partial charge in [-0.15, -0.1) is 0 Å². The summed E-state index contributed by atoms with van der Waals surface area (Å²) < 4.78 is 27.6. The Morgan fingerprint density at radius 3 is 2.30 bits per heavy atom. The molecule has 9 heteroatoms. The van der Waals surface area contributed by atoms with Crippen LogP contribution in [-0.4, -0.2) is 37.8 Å². The molecule has 1 aliphatic carbocycles. The Hall–Kier alpha value is -2.78. The minimum absolute atomic E-state index is 0.125. The van der Waals surface area contributed by atoms with Crippen LogP contribution in [0.15, 0.2) is 53.7 Å². The topological polar surface area (TPSA) is 117 Å². The highest BCUT2D eigenvalue weighted by molar-refractivity contribution is 7.89. The third-order valence-electron chi connectivity index (χ3n) is 6.08. The van der Waals surface area contributed by atoms with E-state index in [1.165, 1.54) is 0 Å². The van der Waals surface area contributed by atoms with Crippen LogP contribution in [-0.2, 0) is 26.2 Å². The predicted octanol–water partition coefficient (Wildman–Crippen LogP) is 2.30. The SMILES string of the molecule is Cc1ccc(S(=O)(=O)NCC2CCC(C(=O)N[C@@H](C)C(=O)NCc3ccncc3)CC2)cc1. The third kappa shape index (κ3) is 7.36. The van der Waals surface area contributed by atoms with E-state index in [-0.39, 0.29) is 28.5 Å². The summed E-state index contributed by atoms with van der Waals surface area (Å²) in [5, 5.41) is 5.62. The Morgan fingerprint density at radius 2 is 1.67 bits per heavy atom. The number of hydrogen-bond donors (Lipinski definition) is 3. The molecule has 3 rings (SSSR count). The quantitative estimate of drug-likeness (QED) is 0.518. The summed E-state index contributed by atoms with van der Waals surface area (Å²) in [4.78, 5) is 29.1. The fourth-order valence-electron chi connectivity index (χ4n) is 3.90. The minimum Gasteiger partial charge on any atom is -0.350 e. The molecule has 1 aromatic carbocycles. The van der Waals surface area contributed by atoms with Crippen molar-refractivity contribution in [2.45, 2.75) is 57.0 Å². The van der Waals surface area contributed by atoms with Crippen molar-refractivity contribution in [3.8, 4) is 0 Å². The first-order valence-electron chi connectivity index (χ1n) is 11.3. The van der Waals surface area contributed by atoms with Crippen molar-refractivity contribution in [3.63, 3.8) is 0 Å². The van der Waals surface area contributed by atoms with Crippen molar-refractivity contribution in [3.05, 3.63) is 59.9 Å². The Kier molecular flexibility index (Phi) is 8.57. The molecule has 3 N–H and O–H groups in total. The molecule has 0 unspecified atom stereocenters. The second-order valence-corrected chi connectivity index (χ2v) is 10.5. The molecule has 0 bridgehead atoms. The third-order valence-corrected chi connectivity index (χ3v) is 7.52. The second-order valence-electron chi connectivity index (χ2n) is 8.69. The first-order chi connectivity index (χ1) is 15.7. The lowest BCUT2D eigenvalue weighted by atomic mass is 9.81. The zero-order chi connectivity index (χ0) is 23.8. The van der Waals surface area contributed by atoms with Gasteiger partial charge in [0.1, 0.15) is 6.04 Å². The number of aromatic nitrogens is 1. The Morgan fingerprint density at radius 1 is 1.03 bits per heavy atom. The van der Waals surface area contributed by atoms with Crippen LogP contribution in [0.2, 0.25) is 0 Å². The summed E-state index contributed by atoms with van der Waals surface area (Å²) in [5.41, 5.74) is 1.94. The average molecular weight is 473 g/mol. The van der Waals surface area contributed by atoms with Crippen molar-refractivity contribution >= 4 is 21.8 Å². The zero-order valence-corrected chi connectivity index (χ0v) is 19.9. The van der Waals surface area contributed by atoms with Gasteiger partial charge in [-0.1, -0.05) is 17.7 Å². The molecule has 2 aromatic rings. The first kappa shape index (κ1) is 24.9. The van der Waals surface area contributed by atoms with E-state index in [1.54, 1.807) is 43.6 Å². The molecule has 2 amide bonds. The van der Waals surface area contributed by atoms with Gasteiger partial charge >= 0.3 is 0 Å². The summed E-state index contributed by atoms with van der Waals surface area (Å²) in [5.74, 6) is -0.333. The molecule has 8 nitrogen and oxygen atoms in total. The Bertz CT molecular complexity index is 1030. The van der Waals surface area contributed by atoms with Gasteiger partial charge in [0.25, 0.3) is 0 Å². The molecule has 1 atom stereocenters. The zero-order valence-electron chi connectivity index (χ0n) is 19.1. The van der Waals surface area contributed by atoms with Crippen molar-refractivity contribution in [2.24, 2.45) is 11.8 Å². The van der Waals surface area contributed by atoms with E-state index in [2.05, 4.69) is 20.3 Å². The average Bonchev–Trinajstić information content (AvgIpc) is 2.82. The van der Waals surface area contributed by atoms with Gasteiger partial charge in [0.05, 0.1) is 4.90 Å². The van der Waals surface area contributed by atoms with Gasteiger partial charge in [-0.05, 0) is 75.3 Å². The number of benzene rings is 1. The second kappa shape index (κ2) is 11.4. The van der Waals surface area contributed by atoms with E-state index in [4.69, 9.17) is 0 Å². The molecule has 1 fully saturated rings. The van der Waals surface area contributed by atoms with E-state index in [0.29, 0.717) is 25.9 Å². The summed E-state index contributed by atoms with van der Waals surface area (Å²) >= 11 is 0. The summed E-state index contributed by atoms with van der Waals surface area (Å²) in [6.45, 7) is 4.32. The summed E-state index contributed by atoms with van der Waals surface area (Å²) in [7, 11) is -3.53. The van der Waals surface area contributed by atoms with Crippen LogP contribution < -0.4 is 15.4 Å². The van der Waals surface area contributed by atoms with Crippen molar-refractivity contribution in [2.75, 3.05) is 6.54 Å². The van der Waals surface area contributed by atoms with E-state index in [1.807, 2.05) is 19.1 Å². The molecule has 1 heterocycles. The minimum atomic E-state index is -3.53. The number of pyridine rings is 1. The highest BCUT2D eigenvalue weighted by atomic mass is 32.2. The van der Waals surface area contributed by atoms with Crippen molar-refractivity contribution in [1.29, 1.82) is 0 Å². The normalized spacial score (nSPS) is 19.5. The van der Waals surface area contributed by atoms with Gasteiger partial charge in [0.2, 0.25) is 21.8 Å². The van der Waals surface area contributed by atoms with Crippen LogP contribution >= 0.6 is 0 Å². The van der Waals surface area contributed by atoms with Crippen LogP contribution in [0.4, 0.5) is 0 Å². The van der Waals surface area contributed by atoms with Gasteiger partial charge in [-0.3, -0.25) is 14.6 Å². The Balaban J connectivity index is 1.39. The van der Waals surface area contributed by atoms with Crippen molar-refractivity contribution in [1.82, 2.24) is 20.3 Å². The highest BCUT2D eigenvalue weighted by Gasteiger charge is 2.29. The summed E-state index contributed by atoms with van der Waals surface area (Å²) in [6.07, 6.45) is 6.20. The number of carbonyl (C=O) groups is 2. The maximum atomic E-state index is 12.6. The lowest BCUT2D eigenvalue weighted by Gasteiger charge is -2.28. The molecule has 0 aliphatic heterocycles. The standard InChI is InChI=1S/C24H32N4O4S/c1-17-3-9-22(10-4-17)33(31,32)27-16-19-5-7-21(8-6-19)24(30)28-18(2)23(29)26-15-20-11-13-25-14-12-20/h3-4,9-14,18-19,21,27H,5-8,15-16H2,1-2H3,(H,26,29)(H,28,30)/t18-,19?,21?/m0/s1. The molecule has 0 saturated heterocycles. The number of sulfonamides is 1. The largest absolute Gasteiger partial charge is 0.350 e. The van der Waals surface area contributed by atoms with Crippen molar-refractivity contribution < 1.29 is 18.0 Å². The van der Waals surface area contributed by atoms with E-state index in [0.717, 1.165) is 24.0 Å². The van der Waals surface area contributed by atoms with E-state index >= 15 is 0 Å². The molecule has 0 spiro atoms. The van der Waals surface area contributed by atoms with Gasteiger partial charge in [-0.2, -0.15) is 0 Å². The maximum absolute atomic E-state index is 12.6. The highest BCUT2D eigenvalue weighted by Crippen LogP contribution is 2.29. The van der Waals surface area contributed by atoms with Gasteiger partial charge < -0.3 is 10.6 Å². The lowest BCUT2D eigenvalue weighted by Crippen LogP contribution is -2.47. The lowest BCUT2D eigenvalue weighted by molar-refractivity contribution is -0.131. The Labute approximate surface area is 195 Å². The monoisotopic (exact) mass is 472 g/mol. The molecule has 0 radical (unpaired) electrons. The maximum Gasteiger partial charge on any atom is 0.242 e. The first-order valence-corrected chi connectivity index (χ1v) is 12.8. The molecule has 33 heavy (non-hydrogen) atoms. The van der Waals surface area contributed by atoms with E-state index in [9.17, 15) is 18.0 Å². The molecular weight excluding hydrogens is 440 g/mol. The fraction of sp³-hybridized carbons (Fsp3) is 0.458. The van der Waals surface area contributed by atoms with Gasteiger partial charge in [0.15, 0.2) is 0 Å². The number of hydrogen-bond acceptors (Lipinski definition) is 5. The van der Waals surface area contributed by atoms with Crippen LogP contribution in [0, 0.1) is 18.8 Å². The number of nitrogens with zero attached hydrogens (tertiary/aromatic N) is 1. The van der Waals surface area contributed by atoms with Crippen LogP contribution in [0.1, 0.15) is 43.7 Å². The fourth-order valence-corrected chi connectivity index (χ4v) is 5.01. The number of nitrogens with one attached hydrogen (secondary N) is 3. The predicted molar refractivity (Wildman–Crippen MR) is 126 cm³/mol. The van der Waals surface area contributed by atoms with Gasteiger partial charge in [0, 0.05) is 31.4 Å².